The lowest BCUT2D eigenvalue weighted by molar-refractivity contribution is -0.0942. The van der Waals surface area contributed by atoms with Crippen molar-refractivity contribution < 1.29 is 9.53 Å². The summed E-state index contributed by atoms with van der Waals surface area (Å²) in [5, 5.41) is 3.01. The number of carbonyl (C=O) groups excluding carboxylic acids is 1. The predicted octanol–water partition coefficient (Wildman–Crippen LogP) is 2.39. The number of amides is 1. The molecule has 1 fully saturated rings. The number of nitrogens with zero attached hydrogens (tertiary/aromatic N) is 1. The molecule has 1 amide bonds. The van der Waals surface area contributed by atoms with E-state index in [4.69, 9.17) is 4.74 Å². The number of halogens is 1. The van der Waals surface area contributed by atoms with Gasteiger partial charge in [-0.25, -0.2) is 4.98 Å². The highest BCUT2D eigenvalue weighted by molar-refractivity contribution is 9.10. The van der Waals surface area contributed by atoms with Gasteiger partial charge in [0.2, 0.25) is 0 Å². The van der Waals surface area contributed by atoms with E-state index in [1.807, 2.05) is 6.07 Å². The van der Waals surface area contributed by atoms with E-state index in [2.05, 4.69) is 40.1 Å². The number of ether oxygens (including phenoxy) is 1. The van der Waals surface area contributed by atoms with Gasteiger partial charge >= 0.3 is 0 Å². The number of rotatable bonds is 3. The van der Waals surface area contributed by atoms with E-state index in [9.17, 15) is 4.79 Å². The molecule has 1 aromatic rings. The highest BCUT2D eigenvalue weighted by Gasteiger charge is 2.49. The van der Waals surface area contributed by atoms with E-state index in [1.54, 1.807) is 19.4 Å². The molecule has 1 saturated carbocycles. The summed E-state index contributed by atoms with van der Waals surface area (Å²) in [5.74, 6) is -0.130. The maximum absolute atomic E-state index is 12.0. The van der Waals surface area contributed by atoms with Crippen LogP contribution in [0.15, 0.2) is 22.8 Å². The summed E-state index contributed by atoms with van der Waals surface area (Å²) in [7, 11) is 1.71. The van der Waals surface area contributed by atoms with Crippen molar-refractivity contribution in [1.29, 1.82) is 0 Å². The molecule has 0 spiro atoms. The predicted molar refractivity (Wildman–Crippen MR) is 72.4 cm³/mol. The molecule has 1 aliphatic rings. The molecule has 0 aromatic carbocycles. The fourth-order valence-corrected chi connectivity index (χ4v) is 2.51. The molecule has 0 radical (unpaired) electrons. The molecule has 1 aromatic heterocycles. The minimum absolute atomic E-state index is 0.0280. The minimum atomic E-state index is -0.130. The molecule has 1 aliphatic carbocycles. The van der Waals surface area contributed by atoms with Crippen LogP contribution in [-0.2, 0) is 4.74 Å². The average Bonchev–Trinajstić information content (AvgIpc) is 2.34. The Bertz CT molecular complexity index is 445. The minimum Gasteiger partial charge on any atom is -0.381 e. The molecule has 1 N–H and O–H groups in total. The third-order valence-electron chi connectivity index (χ3n) is 3.73. The fraction of sp³-hybridized carbons (Fsp3) is 0.538. The van der Waals surface area contributed by atoms with Crippen LogP contribution < -0.4 is 5.32 Å². The largest absolute Gasteiger partial charge is 0.381 e. The zero-order chi connectivity index (χ0) is 13.3. The molecule has 0 saturated heterocycles. The number of hydrogen-bond donors (Lipinski definition) is 1. The number of carbonyl (C=O) groups is 1. The number of hydrogen-bond acceptors (Lipinski definition) is 3. The number of nitrogens with one attached hydrogen (secondary N) is 1. The summed E-state index contributed by atoms with van der Waals surface area (Å²) < 4.78 is 6.22. The van der Waals surface area contributed by atoms with Crippen molar-refractivity contribution in [2.45, 2.75) is 32.4 Å². The Morgan fingerprint density at radius 1 is 1.56 bits per heavy atom. The summed E-state index contributed by atoms with van der Waals surface area (Å²) in [6.07, 6.45) is 2.69. The molecule has 4 nitrogen and oxygen atoms in total. The van der Waals surface area contributed by atoms with E-state index >= 15 is 0 Å². The Morgan fingerprint density at radius 2 is 2.28 bits per heavy atom. The topological polar surface area (TPSA) is 51.2 Å². The van der Waals surface area contributed by atoms with Crippen molar-refractivity contribution >= 4 is 21.8 Å². The van der Waals surface area contributed by atoms with Gasteiger partial charge in [-0.1, -0.05) is 13.8 Å². The third kappa shape index (κ3) is 2.42. The van der Waals surface area contributed by atoms with Crippen LogP contribution in [0.3, 0.4) is 0 Å². The van der Waals surface area contributed by atoms with E-state index in [0.717, 1.165) is 10.9 Å². The highest BCUT2D eigenvalue weighted by atomic mass is 79.9. The van der Waals surface area contributed by atoms with Crippen molar-refractivity contribution in [1.82, 2.24) is 10.3 Å². The van der Waals surface area contributed by atoms with Crippen LogP contribution in [0.1, 0.15) is 30.8 Å². The van der Waals surface area contributed by atoms with Crippen LogP contribution in [0.2, 0.25) is 0 Å². The van der Waals surface area contributed by atoms with Gasteiger partial charge in [0.15, 0.2) is 0 Å². The van der Waals surface area contributed by atoms with Gasteiger partial charge in [-0.15, -0.1) is 0 Å². The molecule has 1 heterocycles. The maximum atomic E-state index is 12.0. The van der Waals surface area contributed by atoms with Gasteiger partial charge in [0, 0.05) is 29.2 Å². The Hall–Kier alpha value is -0.940. The van der Waals surface area contributed by atoms with Crippen molar-refractivity contribution in [3.05, 3.63) is 28.5 Å². The second kappa shape index (κ2) is 4.97. The lowest BCUT2D eigenvalue weighted by Crippen LogP contribution is -2.61. The Kier molecular flexibility index (Phi) is 3.73. The third-order valence-corrected chi connectivity index (χ3v) is 4.20. The summed E-state index contributed by atoms with van der Waals surface area (Å²) in [5.41, 5.74) is 0.412. The first kappa shape index (κ1) is 13.5. The van der Waals surface area contributed by atoms with Crippen molar-refractivity contribution in [3.8, 4) is 0 Å². The van der Waals surface area contributed by atoms with Crippen LogP contribution in [-0.4, -0.2) is 30.1 Å². The molecule has 5 heteroatoms. The van der Waals surface area contributed by atoms with E-state index in [-0.39, 0.29) is 23.5 Å². The second-order valence-corrected chi connectivity index (χ2v) is 6.08. The normalized spacial score (nSPS) is 25.3. The summed E-state index contributed by atoms with van der Waals surface area (Å²) in [6.45, 7) is 4.20. The number of aromatic nitrogens is 1. The van der Waals surface area contributed by atoms with Crippen LogP contribution in [0.25, 0.3) is 0 Å². The maximum Gasteiger partial charge on any atom is 0.270 e. The van der Waals surface area contributed by atoms with Gasteiger partial charge in [0.25, 0.3) is 5.91 Å². The van der Waals surface area contributed by atoms with E-state index < -0.39 is 0 Å². The molecular formula is C13H17BrN2O2. The Balaban J connectivity index is 1.99. The van der Waals surface area contributed by atoms with Gasteiger partial charge in [-0.2, -0.15) is 0 Å². The van der Waals surface area contributed by atoms with Crippen LogP contribution in [0, 0.1) is 5.41 Å². The molecule has 98 valence electrons. The first-order valence-electron chi connectivity index (χ1n) is 5.90. The zero-order valence-electron chi connectivity index (χ0n) is 10.7. The Morgan fingerprint density at radius 3 is 2.78 bits per heavy atom. The van der Waals surface area contributed by atoms with Gasteiger partial charge in [0.1, 0.15) is 5.69 Å². The summed E-state index contributed by atoms with van der Waals surface area (Å²) in [6, 6.07) is 3.66. The van der Waals surface area contributed by atoms with Gasteiger partial charge in [-0.3, -0.25) is 4.79 Å². The van der Waals surface area contributed by atoms with Gasteiger partial charge in [0.05, 0.1) is 6.10 Å². The SMILES string of the molecule is COC1CC(NC(=O)c2ccc(Br)cn2)C1(C)C. The molecule has 0 aliphatic heterocycles. The Labute approximate surface area is 115 Å². The fourth-order valence-electron chi connectivity index (χ4n) is 2.27. The first-order valence-corrected chi connectivity index (χ1v) is 6.69. The second-order valence-electron chi connectivity index (χ2n) is 5.17. The van der Waals surface area contributed by atoms with Crippen molar-refractivity contribution in [3.63, 3.8) is 0 Å². The lowest BCUT2D eigenvalue weighted by atomic mass is 9.64. The van der Waals surface area contributed by atoms with Crippen molar-refractivity contribution in [2.75, 3.05) is 7.11 Å². The molecule has 18 heavy (non-hydrogen) atoms. The monoisotopic (exact) mass is 312 g/mol. The summed E-state index contributed by atoms with van der Waals surface area (Å²) in [4.78, 5) is 16.1. The van der Waals surface area contributed by atoms with Gasteiger partial charge in [-0.05, 0) is 34.5 Å². The molecule has 2 rings (SSSR count). The average molecular weight is 313 g/mol. The molecule has 2 unspecified atom stereocenters. The summed E-state index contributed by atoms with van der Waals surface area (Å²) >= 11 is 3.29. The van der Waals surface area contributed by atoms with Crippen LogP contribution >= 0.6 is 15.9 Å². The molecule has 0 bridgehead atoms. The standard InChI is InChI=1S/C13H17BrN2O2/c1-13(2)10(6-11(13)18-3)16-12(17)9-5-4-8(14)7-15-9/h4-5,7,10-11H,6H2,1-3H3,(H,16,17). The molecule has 2 atom stereocenters. The number of methoxy groups -OCH3 is 1. The van der Waals surface area contributed by atoms with Crippen LogP contribution in [0.4, 0.5) is 0 Å². The quantitative estimate of drug-likeness (QED) is 0.932. The van der Waals surface area contributed by atoms with Crippen molar-refractivity contribution in [2.24, 2.45) is 5.41 Å². The smallest absolute Gasteiger partial charge is 0.270 e. The first-order chi connectivity index (χ1) is 8.45. The zero-order valence-corrected chi connectivity index (χ0v) is 12.3. The van der Waals surface area contributed by atoms with Crippen LogP contribution in [0.5, 0.6) is 0 Å². The van der Waals surface area contributed by atoms with E-state index in [1.165, 1.54) is 0 Å². The van der Waals surface area contributed by atoms with E-state index in [0.29, 0.717) is 5.69 Å². The number of pyridine rings is 1. The van der Waals surface area contributed by atoms with Gasteiger partial charge < -0.3 is 10.1 Å². The molecular weight excluding hydrogens is 296 g/mol. The lowest BCUT2D eigenvalue weighted by Gasteiger charge is -2.51. The highest BCUT2D eigenvalue weighted by Crippen LogP contribution is 2.42.